The first-order chi connectivity index (χ1) is 6.94. The second-order valence-corrected chi connectivity index (χ2v) is 5.00. The lowest BCUT2D eigenvalue weighted by Gasteiger charge is -2.47. The summed E-state index contributed by atoms with van der Waals surface area (Å²) in [6.07, 6.45) is -0.103. The summed E-state index contributed by atoms with van der Waals surface area (Å²) in [6, 6.07) is 0. The molecule has 0 radical (unpaired) electrons. The molecule has 0 aromatic rings. The van der Waals surface area contributed by atoms with E-state index in [9.17, 15) is 9.90 Å². The van der Waals surface area contributed by atoms with Gasteiger partial charge in [-0.2, -0.15) is 0 Å². The average molecular weight is 214 g/mol. The first-order valence-electron chi connectivity index (χ1n) is 5.21. The minimum atomic E-state index is -0.846. The van der Waals surface area contributed by atoms with Crippen molar-refractivity contribution in [2.45, 2.75) is 37.5 Å². The summed E-state index contributed by atoms with van der Waals surface area (Å²) < 4.78 is 5.43. The summed E-state index contributed by atoms with van der Waals surface area (Å²) in [5, 5.41) is 12.6. The summed E-state index contributed by atoms with van der Waals surface area (Å²) >= 11 is 0. The summed E-state index contributed by atoms with van der Waals surface area (Å²) in [6.45, 7) is 5.29. The van der Waals surface area contributed by atoms with E-state index in [1.807, 2.05) is 13.8 Å². The van der Waals surface area contributed by atoms with Crippen LogP contribution in [0.4, 0.5) is 4.79 Å². The van der Waals surface area contributed by atoms with Crippen molar-refractivity contribution in [3.05, 3.63) is 0 Å². The van der Waals surface area contributed by atoms with Gasteiger partial charge in [0.2, 0.25) is 0 Å². The predicted octanol–water partition coefficient (Wildman–Crippen LogP) is 0.506. The average Bonchev–Trinajstić information content (AvgIpc) is 2.25. The molecule has 2 aliphatic heterocycles. The maximum atomic E-state index is 11.3. The van der Waals surface area contributed by atoms with E-state index in [1.165, 1.54) is 0 Å². The van der Waals surface area contributed by atoms with Gasteiger partial charge in [-0.05, 0) is 13.8 Å². The lowest BCUT2D eigenvalue weighted by molar-refractivity contribution is -0.0129. The van der Waals surface area contributed by atoms with Gasteiger partial charge in [-0.3, -0.25) is 4.90 Å². The number of nitrogens with zero attached hydrogens (tertiary/aromatic N) is 1. The number of ether oxygens (including phenoxy) is 1. The molecule has 5 nitrogen and oxygen atoms in total. The van der Waals surface area contributed by atoms with Crippen molar-refractivity contribution < 1.29 is 14.6 Å². The zero-order valence-electron chi connectivity index (χ0n) is 9.41. The number of fused-ring (bicyclic) bond motifs is 2. The van der Waals surface area contributed by atoms with Crippen molar-refractivity contribution in [1.82, 2.24) is 10.2 Å². The van der Waals surface area contributed by atoms with Crippen molar-refractivity contribution >= 4 is 6.09 Å². The van der Waals surface area contributed by atoms with E-state index in [1.54, 1.807) is 12.0 Å². The zero-order chi connectivity index (χ0) is 11.3. The molecule has 86 valence electrons. The standard InChI is InChI=1S/C10H18N2O3/c1-9-4-7(15-3)10(2,6-11-5-9)12(9)8(13)14/h7,11H,4-6H2,1-3H3,(H,13,14)/t7?,9-,10?/m0/s1. The van der Waals surface area contributed by atoms with E-state index in [0.717, 1.165) is 6.42 Å². The molecule has 2 unspecified atom stereocenters. The lowest BCUT2D eigenvalue weighted by atomic mass is 9.96. The van der Waals surface area contributed by atoms with E-state index in [4.69, 9.17) is 4.74 Å². The Balaban J connectivity index is 2.41. The molecule has 0 aromatic carbocycles. The van der Waals surface area contributed by atoms with Crippen LogP contribution in [0.3, 0.4) is 0 Å². The lowest BCUT2D eigenvalue weighted by Crippen LogP contribution is -2.67. The highest BCUT2D eigenvalue weighted by Gasteiger charge is 2.60. The Bertz CT molecular complexity index is 296. The Labute approximate surface area is 89.4 Å². The number of methoxy groups -OCH3 is 1. The normalized spacial score (nSPS) is 44.5. The van der Waals surface area contributed by atoms with Crippen LogP contribution in [-0.4, -0.2) is 53.5 Å². The summed E-state index contributed by atoms with van der Waals surface area (Å²) in [7, 11) is 1.65. The highest BCUT2D eigenvalue weighted by atomic mass is 16.5. The maximum absolute atomic E-state index is 11.3. The summed E-state index contributed by atoms with van der Waals surface area (Å²) in [4.78, 5) is 12.9. The van der Waals surface area contributed by atoms with Crippen LogP contribution in [0, 0.1) is 0 Å². The monoisotopic (exact) mass is 214 g/mol. The van der Waals surface area contributed by atoms with Crippen LogP contribution in [0.1, 0.15) is 20.3 Å². The van der Waals surface area contributed by atoms with E-state index < -0.39 is 11.6 Å². The molecular weight excluding hydrogens is 196 g/mol. The van der Waals surface area contributed by atoms with Crippen molar-refractivity contribution in [2.75, 3.05) is 20.2 Å². The Morgan fingerprint density at radius 3 is 2.67 bits per heavy atom. The molecule has 2 N–H and O–H groups in total. The fraction of sp³-hybridized carbons (Fsp3) is 0.900. The van der Waals surface area contributed by atoms with E-state index in [2.05, 4.69) is 5.32 Å². The van der Waals surface area contributed by atoms with Crippen LogP contribution >= 0.6 is 0 Å². The number of nitrogens with one attached hydrogen (secondary N) is 1. The minimum absolute atomic E-state index is 0.0198. The van der Waals surface area contributed by atoms with Crippen LogP contribution in [0.5, 0.6) is 0 Å². The number of rotatable bonds is 1. The fourth-order valence-corrected chi connectivity index (χ4v) is 3.19. The number of amides is 1. The second-order valence-electron chi connectivity index (χ2n) is 5.00. The van der Waals surface area contributed by atoms with E-state index >= 15 is 0 Å². The largest absolute Gasteiger partial charge is 0.465 e. The molecule has 0 aromatic heterocycles. The molecule has 3 atom stereocenters. The van der Waals surface area contributed by atoms with Gasteiger partial charge in [0.05, 0.1) is 17.2 Å². The molecule has 2 aliphatic rings. The third kappa shape index (κ3) is 1.26. The number of piperazine rings is 1. The number of hydrogen-bond donors (Lipinski definition) is 2. The molecule has 0 aliphatic carbocycles. The second kappa shape index (κ2) is 3.09. The van der Waals surface area contributed by atoms with Crippen LogP contribution < -0.4 is 5.32 Å². The van der Waals surface area contributed by atoms with Crippen molar-refractivity contribution in [2.24, 2.45) is 0 Å². The van der Waals surface area contributed by atoms with E-state index in [-0.39, 0.29) is 11.6 Å². The first kappa shape index (κ1) is 10.7. The topological polar surface area (TPSA) is 61.8 Å². The van der Waals surface area contributed by atoms with Gasteiger partial charge < -0.3 is 15.2 Å². The highest BCUT2D eigenvalue weighted by molar-refractivity contribution is 5.69. The van der Waals surface area contributed by atoms with Gasteiger partial charge in [0.15, 0.2) is 0 Å². The van der Waals surface area contributed by atoms with Crippen molar-refractivity contribution in [3.63, 3.8) is 0 Å². The molecule has 2 fully saturated rings. The van der Waals surface area contributed by atoms with Crippen LogP contribution in [0.25, 0.3) is 0 Å². The van der Waals surface area contributed by atoms with Gasteiger partial charge >= 0.3 is 6.09 Å². The Kier molecular flexibility index (Phi) is 2.20. The third-order valence-corrected chi connectivity index (χ3v) is 3.83. The number of carbonyl (C=O) groups is 1. The smallest absolute Gasteiger partial charge is 0.408 e. The number of hydrogen-bond acceptors (Lipinski definition) is 3. The van der Waals surface area contributed by atoms with Gasteiger partial charge in [0.25, 0.3) is 0 Å². The molecule has 2 heterocycles. The van der Waals surface area contributed by atoms with Crippen LogP contribution in [-0.2, 0) is 4.74 Å². The van der Waals surface area contributed by atoms with Gasteiger partial charge in [-0.25, -0.2) is 4.79 Å². The Hall–Kier alpha value is -0.810. The minimum Gasteiger partial charge on any atom is -0.465 e. The summed E-state index contributed by atoms with van der Waals surface area (Å²) in [5.74, 6) is 0. The molecule has 2 rings (SSSR count). The van der Waals surface area contributed by atoms with E-state index in [0.29, 0.717) is 13.1 Å². The maximum Gasteiger partial charge on any atom is 0.408 e. The number of carboxylic acid groups (broad SMARTS) is 1. The molecule has 1 amide bonds. The highest BCUT2D eigenvalue weighted by Crippen LogP contribution is 2.44. The molecular formula is C10H18N2O3. The molecule has 0 spiro atoms. The Morgan fingerprint density at radius 2 is 2.20 bits per heavy atom. The first-order valence-corrected chi connectivity index (χ1v) is 5.21. The fourth-order valence-electron chi connectivity index (χ4n) is 3.19. The molecule has 2 saturated heterocycles. The van der Waals surface area contributed by atoms with Gasteiger partial charge in [-0.15, -0.1) is 0 Å². The molecule has 15 heavy (non-hydrogen) atoms. The Morgan fingerprint density at radius 1 is 1.53 bits per heavy atom. The molecule has 2 bridgehead atoms. The van der Waals surface area contributed by atoms with Crippen molar-refractivity contribution in [3.8, 4) is 0 Å². The quantitative estimate of drug-likeness (QED) is 0.667. The zero-order valence-corrected chi connectivity index (χ0v) is 9.41. The predicted molar refractivity (Wildman–Crippen MR) is 55.0 cm³/mol. The van der Waals surface area contributed by atoms with Gasteiger partial charge in [0.1, 0.15) is 0 Å². The summed E-state index contributed by atoms with van der Waals surface area (Å²) in [5.41, 5.74) is -0.771. The molecule has 0 saturated carbocycles. The van der Waals surface area contributed by atoms with Crippen LogP contribution in [0.15, 0.2) is 0 Å². The SMILES string of the molecule is COC1C[C@@]2(C)CNCC1(C)N2C(=O)O. The van der Waals surface area contributed by atoms with Gasteiger partial charge in [0, 0.05) is 26.6 Å². The van der Waals surface area contributed by atoms with Crippen LogP contribution in [0.2, 0.25) is 0 Å². The van der Waals surface area contributed by atoms with Crippen molar-refractivity contribution in [1.29, 1.82) is 0 Å². The van der Waals surface area contributed by atoms with Gasteiger partial charge in [-0.1, -0.05) is 0 Å². The third-order valence-electron chi connectivity index (χ3n) is 3.83. The molecule has 5 heteroatoms.